The van der Waals surface area contributed by atoms with Crippen LogP contribution in [-0.4, -0.2) is 48.2 Å². The van der Waals surface area contributed by atoms with E-state index >= 15 is 0 Å². The van der Waals surface area contributed by atoms with Gasteiger partial charge in [-0.2, -0.15) is 13.2 Å². The zero-order valence-corrected chi connectivity index (χ0v) is 14.3. The molecule has 1 aliphatic carbocycles. The molecule has 1 saturated heterocycles. The van der Waals surface area contributed by atoms with Crippen LogP contribution in [0.4, 0.5) is 18.0 Å². The number of hydrogen-bond acceptors (Lipinski definition) is 2. The Kier molecular flexibility index (Phi) is 5.22. The third kappa shape index (κ3) is 4.45. The quantitative estimate of drug-likeness (QED) is 0.820. The first kappa shape index (κ1) is 18.0. The molecular weight excluding hydrogens is 333 g/mol. The molecule has 0 spiro atoms. The van der Waals surface area contributed by atoms with E-state index in [0.717, 1.165) is 37.8 Å². The van der Waals surface area contributed by atoms with E-state index in [0.29, 0.717) is 25.3 Å². The van der Waals surface area contributed by atoms with E-state index in [1.807, 2.05) is 0 Å². The van der Waals surface area contributed by atoms with Gasteiger partial charge in [-0.3, -0.25) is 0 Å². The lowest BCUT2D eigenvalue weighted by atomic mass is 10.1. The minimum atomic E-state index is -4.34. The monoisotopic (exact) mass is 356 g/mol. The second kappa shape index (κ2) is 7.23. The Morgan fingerprint density at radius 3 is 2.20 bits per heavy atom. The van der Waals surface area contributed by atoms with E-state index in [2.05, 4.69) is 0 Å². The van der Waals surface area contributed by atoms with Crippen LogP contribution in [0.2, 0.25) is 0 Å². The molecule has 0 bridgehead atoms. The fourth-order valence-corrected chi connectivity index (χ4v) is 3.17. The van der Waals surface area contributed by atoms with Gasteiger partial charge in [0.25, 0.3) is 0 Å². The highest BCUT2D eigenvalue weighted by Gasteiger charge is 2.36. The van der Waals surface area contributed by atoms with Crippen LogP contribution in [-0.2, 0) is 17.5 Å². The summed E-state index contributed by atoms with van der Waals surface area (Å²) in [7, 11) is 1.81. The number of alkyl halides is 3. The Morgan fingerprint density at radius 1 is 1.08 bits per heavy atom. The predicted molar refractivity (Wildman–Crippen MR) is 87.0 cm³/mol. The Bertz CT molecular complexity index is 593. The second-order valence-electron chi connectivity index (χ2n) is 6.79. The number of carbonyl (C=O) groups excluding carboxylic acids is 1. The van der Waals surface area contributed by atoms with Crippen LogP contribution in [0.1, 0.15) is 36.8 Å². The van der Waals surface area contributed by atoms with E-state index < -0.39 is 11.7 Å². The SMILES string of the molecule is CN(C(=O)N(Cc1ccc(C(F)(F)F)cc1)C1CC1)C1CCOCC1. The molecule has 0 aromatic heterocycles. The van der Waals surface area contributed by atoms with Gasteiger partial charge < -0.3 is 14.5 Å². The van der Waals surface area contributed by atoms with Gasteiger partial charge >= 0.3 is 12.2 Å². The van der Waals surface area contributed by atoms with Crippen LogP contribution in [0.25, 0.3) is 0 Å². The van der Waals surface area contributed by atoms with Crippen LogP contribution in [0.3, 0.4) is 0 Å². The van der Waals surface area contributed by atoms with Crippen molar-refractivity contribution in [1.29, 1.82) is 0 Å². The minimum absolute atomic E-state index is 0.0469. The van der Waals surface area contributed by atoms with Gasteiger partial charge in [0.1, 0.15) is 0 Å². The highest BCUT2D eigenvalue weighted by atomic mass is 19.4. The number of ether oxygens (including phenoxy) is 1. The van der Waals surface area contributed by atoms with Crippen molar-refractivity contribution in [1.82, 2.24) is 9.80 Å². The third-order valence-corrected chi connectivity index (χ3v) is 4.91. The Hall–Kier alpha value is -1.76. The van der Waals surface area contributed by atoms with Crippen molar-refractivity contribution in [3.05, 3.63) is 35.4 Å². The summed E-state index contributed by atoms with van der Waals surface area (Å²) >= 11 is 0. The molecule has 0 radical (unpaired) electrons. The van der Waals surface area contributed by atoms with Gasteiger partial charge in [-0.25, -0.2) is 4.79 Å². The first-order valence-corrected chi connectivity index (χ1v) is 8.63. The van der Waals surface area contributed by atoms with Gasteiger partial charge in [0.15, 0.2) is 0 Å². The molecule has 1 aliphatic heterocycles. The Balaban J connectivity index is 1.67. The van der Waals surface area contributed by atoms with Crippen LogP contribution >= 0.6 is 0 Å². The van der Waals surface area contributed by atoms with Gasteiger partial charge in [0.05, 0.1) is 5.56 Å². The molecule has 2 amide bonds. The number of benzene rings is 1. The highest BCUT2D eigenvalue weighted by molar-refractivity contribution is 5.75. The summed E-state index contributed by atoms with van der Waals surface area (Å²) in [5.74, 6) is 0. The maximum atomic E-state index is 12.9. The standard InChI is InChI=1S/C18H23F3N2O2/c1-22(15-8-10-25-11-9-15)17(24)23(16-6-7-16)12-13-2-4-14(5-3-13)18(19,20)21/h2-5,15-16H,6-12H2,1H3. The average molecular weight is 356 g/mol. The number of urea groups is 1. The number of hydrogen-bond donors (Lipinski definition) is 0. The van der Waals surface area contributed by atoms with Gasteiger partial charge in [-0.05, 0) is 43.4 Å². The van der Waals surface area contributed by atoms with Crippen molar-refractivity contribution in [2.24, 2.45) is 0 Å². The summed E-state index contributed by atoms with van der Waals surface area (Å²) in [6.45, 7) is 1.66. The second-order valence-corrected chi connectivity index (χ2v) is 6.79. The van der Waals surface area contributed by atoms with Crippen LogP contribution in [0.15, 0.2) is 24.3 Å². The lowest BCUT2D eigenvalue weighted by Gasteiger charge is -2.35. The first-order chi connectivity index (χ1) is 11.9. The summed E-state index contributed by atoms with van der Waals surface area (Å²) in [4.78, 5) is 16.4. The largest absolute Gasteiger partial charge is 0.416 e. The molecule has 3 rings (SSSR count). The van der Waals surface area contributed by atoms with Crippen molar-refractivity contribution in [3.63, 3.8) is 0 Å². The Labute approximate surface area is 145 Å². The van der Waals surface area contributed by atoms with E-state index in [1.54, 1.807) is 16.8 Å². The number of rotatable bonds is 4. The zero-order chi connectivity index (χ0) is 18.0. The van der Waals surface area contributed by atoms with E-state index in [-0.39, 0.29) is 18.1 Å². The van der Waals surface area contributed by atoms with Crippen LogP contribution < -0.4 is 0 Å². The summed E-state index contributed by atoms with van der Waals surface area (Å²) in [6, 6.07) is 5.38. The van der Waals surface area contributed by atoms with Crippen molar-refractivity contribution in [2.45, 2.75) is 50.5 Å². The van der Waals surface area contributed by atoms with E-state index in [9.17, 15) is 18.0 Å². The minimum Gasteiger partial charge on any atom is -0.381 e. The van der Waals surface area contributed by atoms with Gasteiger partial charge in [-0.15, -0.1) is 0 Å². The van der Waals surface area contributed by atoms with E-state index in [4.69, 9.17) is 4.74 Å². The normalized spacial score (nSPS) is 18.9. The number of amides is 2. The summed E-state index contributed by atoms with van der Waals surface area (Å²) < 4.78 is 43.4. The first-order valence-electron chi connectivity index (χ1n) is 8.63. The maximum Gasteiger partial charge on any atom is 0.416 e. The van der Waals surface area contributed by atoms with E-state index in [1.165, 1.54) is 12.1 Å². The molecular formula is C18H23F3N2O2. The molecule has 1 heterocycles. The molecule has 1 saturated carbocycles. The van der Waals surface area contributed by atoms with Crippen LogP contribution in [0.5, 0.6) is 0 Å². The molecule has 2 aliphatic rings. The number of nitrogens with zero attached hydrogens (tertiary/aromatic N) is 2. The molecule has 4 nitrogen and oxygen atoms in total. The fourth-order valence-electron chi connectivity index (χ4n) is 3.17. The molecule has 138 valence electrons. The van der Waals surface area contributed by atoms with Crippen molar-refractivity contribution >= 4 is 6.03 Å². The molecule has 0 atom stereocenters. The molecule has 0 N–H and O–H groups in total. The topological polar surface area (TPSA) is 32.8 Å². The average Bonchev–Trinajstić information content (AvgIpc) is 3.44. The molecule has 25 heavy (non-hydrogen) atoms. The highest BCUT2D eigenvalue weighted by Crippen LogP contribution is 2.32. The van der Waals surface area contributed by atoms with Gasteiger partial charge in [0.2, 0.25) is 0 Å². The van der Waals surface area contributed by atoms with Gasteiger partial charge in [0, 0.05) is 38.9 Å². The summed E-state index contributed by atoms with van der Waals surface area (Å²) in [6.07, 6.45) is -0.794. The van der Waals surface area contributed by atoms with Gasteiger partial charge in [-0.1, -0.05) is 12.1 Å². The zero-order valence-electron chi connectivity index (χ0n) is 14.3. The maximum absolute atomic E-state index is 12.9. The summed E-state index contributed by atoms with van der Waals surface area (Å²) in [5, 5.41) is 0. The van der Waals surface area contributed by atoms with Crippen molar-refractivity contribution in [2.75, 3.05) is 20.3 Å². The predicted octanol–water partition coefficient (Wildman–Crippen LogP) is 3.90. The molecule has 0 unspecified atom stereocenters. The lowest BCUT2D eigenvalue weighted by molar-refractivity contribution is -0.137. The fraction of sp³-hybridized carbons (Fsp3) is 0.611. The lowest BCUT2D eigenvalue weighted by Crippen LogP contribution is -2.48. The molecule has 1 aromatic carbocycles. The molecule has 7 heteroatoms. The van der Waals surface area contributed by atoms with Crippen molar-refractivity contribution in [3.8, 4) is 0 Å². The Morgan fingerprint density at radius 2 is 1.68 bits per heavy atom. The smallest absolute Gasteiger partial charge is 0.381 e. The summed E-state index contributed by atoms with van der Waals surface area (Å²) in [5.41, 5.74) is 0.0495. The number of halogens is 3. The van der Waals surface area contributed by atoms with Crippen LogP contribution in [0, 0.1) is 0 Å². The third-order valence-electron chi connectivity index (χ3n) is 4.91. The van der Waals surface area contributed by atoms with Crippen molar-refractivity contribution < 1.29 is 22.7 Å². The molecule has 2 fully saturated rings. The number of carbonyl (C=O) groups is 1. The molecule has 1 aromatic rings.